The number of piperazine rings is 1. The van der Waals surface area contributed by atoms with E-state index in [9.17, 15) is 4.39 Å². The summed E-state index contributed by atoms with van der Waals surface area (Å²) in [6, 6.07) is 6.35. The molecule has 0 bridgehead atoms. The van der Waals surface area contributed by atoms with Crippen LogP contribution < -0.4 is 10.1 Å². The van der Waals surface area contributed by atoms with Crippen molar-refractivity contribution in [3.05, 3.63) is 29.3 Å². The Morgan fingerprint density at radius 1 is 1.35 bits per heavy atom. The first-order chi connectivity index (χ1) is 9.26. The lowest BCUT2D eigenvalue weighted by Crippen LogP contribution is -2.45. The Kier molecular flexibility index (Phi) is 7.27. The average molecular weight is 303 g/mol. The van der Waals surface area contributed by atoms with Gasteiger partial charge < -0.3 is 10.1 Å². The summed E-state index contributed by atoms with van der Waals surface area (Å²) >= 11 is 0. The molecule has 1 aliphatic heterocycles. The summed E-state index contributed by atoms with van der Waals surface area (Å²) in [7, 11) is 1.68. The van der Waals surface area contributed by atoms with Gasteiger partial charge >= 0.3 is 0 Å². The lowest BCUT2D eigenvalue weighted by Gasteiger charge is -2.35. The van der Waals surface area contributed by atoms with E-state index in [2.05, 4.69) is 22.3 Å². The van der Waals surface area contributed by atoms with Crippen LogP contribution in [0.1, 0.15) is 23.6 Å². The summed E-state index contributed by atoms with van der Waals surface area (Å²) < 4.78 is 18.2. The zero-order chi connectivity index (χ0) is 13.7. The summed E-state index contributed by atoms with van der Waals surface area (Å²) in [6.07, 6.45) is 0.561. The van der Waals surface area contributed by atoms with Crippen LogP contribution in [0.2, 0.25) is 0 Å². The molecule has 1 aromatic carbocycles. The molecule has 2 rings (SSSR count). The molecule has 1 atom stereocenters. The molecule has 3 nitrogen and oxygen atoms in total. The van der Waals surface area contributed by atoms with Crippen molar-refractivity contribution in [2.75, 3.05) is 40.0 Å². The molecule has 0 aromatic heterocycles. The minimum atomic E-state index is -0.278. The number of nitrogens with zero attached hydrogens (tertiary/aromatic N) is 1. The predicted molar refractivity (Wildman–Crippen MR) is 82.8 cm³/mol. The first-order valence-corrected chi connectivity index (χ1v) is 6.91. The summed E-state index contributed by atoms with van der Waals surface area (Å²) in [5, 5.41) is 3.34. The van der Waals surface area contributed by atoms with E-state index >= 15 is 0 Å². The second-order valence-electron chi connectivity index (χ2n) is 5.01. The minimum absolute atomic E-state index is 0. The van der Waals surface area contributed by atoms with Crippen LogP contribution in [0.3, 0.4) is 0 Å². The second kappa shape index (κ2) is 8.45. The van der Waals surface area contributed by atoms with E-state index in [0.717, 1.165) is 37.5 Å². The molecule has 0 unspecified atom stereocenters. The molecule has 1 aliphatic rings. The highest BCUT2D eigenvalue weighted by atomic mass is 35.5. The molecule has 20 heavy (non-hydrogen) atoms. The van der Waals surface area contributed by atoms with Crippen molar-refractivity contribution in [3.63, 3.8) is 0 Å². The zero-order valence-electron chi connectivity index (χ0n) is 12.2. The van der Waals surface area contributed by atoms with Gasteiger partial charge in [-0.3, -0.25) is 9.29 Å². The molecule has 1 heterocycles. The lowest BCUT2D eigenvalue weighted by atomic mass is 9.99. The molecule has 1 aromatic rings. The molecule has 1 N–H and O–H groups in total. The van der Waals surface area contributed by atoms with Crippen molar-refractivity contribution in [2.45, 2.75) is 19.4 Å². The number of methoxy groups -OCH3 is 1. The second-order valence-corrected chi connectivity index (χ2v) is 5.01. The van der Waals surface area contributed by atoms with E-state index in [1.807, 2.05) is 13.0 Å². The molecule has 0 spiro atoms. The number of halogens is 2. The highest BCUT2D eigenvalue weighted by Crippen LogP contribution is 2.28. The van der Waals surface area contributed by atoms with E-state index in [4.69, 9.17) is 4.74 Å². The first kappa shape index (κ1) is 17.2. The summed E-state index contributed by atoms with van der Waals surface area (Å²) in [5.74, 6) is 0.892. The fourth-order valence-corrected chi connectivity index (χ4v) is 2.77. The van der Waals surface area contributed by atoms with Crippen molar-refractivity contribution in [2.24, 2.45) is 0 Å². The molecule has 5 heteroatoms. The van der Waals surface area contributed by atoms with Crippen molar-refractivity contribution >= 4 is 12.4 Å². The van der Waals surface area contributed by atoms with E-state index in [-0.39, 0.29) is 25.1 Å². The third-order valence-electron chi connectivity index (χ3n) is 3.78. The van der Waals surface area contributed by atoms with Crippen LogP contribution in [0, 0.1) is 6.92 Å². The number of hydrogen-bond acceptors (Lipinski definition) is 3. The van der Waals surface area contributed by atoms with Crippen LogP contribution in [-0.2, 0) is 0 Å². The Balaban J connectivity index is 0.00000200. The van der Waals surface area contributed by atoms with Crippen molar-refractivity contribution < 1.29 is 9.13 Å². The Hall–Kier alpha value is -0.840. The quantitative estimate of drug-likeness (QED) is 0.905. The molecule has 0 saturated carbocycles. The van der Waals surface area contributed by atoms with Crippen LogP contribution in [-0.4, -0.2) is 44.9 Å². The van der Waals surface area contributed by atoms with Crippen LogP contribution in [0.15, 0.2) is 18.2 Å². The number of benzene rings is 1. The van der Waals surface area contributed by atoms with Gasteiger partial charge in [0.05, 0.1) is 13.8 Å². The number of alkyl halides is 1. The molecular formula is C15H24ClFN2O. The third kappa shape index (κ3) is 4.08. The zero-order valence-corrected chi connectivity index (χ0v) is 13.0. The number of nitrogens with one attached hydrogen (secondary N) is 1. The highest BCUT2D eigenvalue weighted by molar-refractivity contribution is 5.85. The molecule has 1 fully saturated rings. The van der Waals surface area contributed by atoms with Crippen molar-refractivity contribution in [1.29, 1.82) is 0 Å². The lowest BCUT2D eigenvalue weighted by molar-refractivity contribution is 0.157. The largest absolute Gasteiger partial charge is 0.496 e. The smallest absolute Gasteiger partial charge is 0.121 e. The van der Waals surface area contributed by atoms with Gasteiger partial charge in [-0.15, -0.1) is 12.4 Å². The third-order valence-corrected chi connectivity index (χ3v) is 3.78. The standard InChI is InChI=1S/C15H23FN2O.ClH/c1-12-11-13(3-4-15(12)19-2)14(5-6-16)18-9-7-17-8-10-18;/h3-4,11,14,17H,5-10H2,1-2H3;1H/t14-;/m0./s1. The minimum Gasteiger partial charge on any atom is -0.496 e. The molecule has 0 aliphatic carbocycles. The van der Waals surface area contributed by atoms with Gasteiger partial charge in [0.25, 0.3) is 0 Å². The van der Waals surface area contributed by atoms with Gasteiger partial charge in [-0.25, -0.2) is 0 Å². The SMILES string of the molecule is COc1ccc([C@H](CCF)N2CCNCC2)cc1C.Cl. The van der Waals surface area contributed by atoms with E-state index in [0.29, 0.717) is 6.42 Å². The van der Waals surface area contributed by atoms with Gasteiger partial charge in [0.1, 0.15) is 5.75 Å². The summed E-state index contributed by atoms with van der Waals surface area (Å²) in [4.78, 5) is 2.37. The van der Waals surface area contributed by atoms with E-state index < -0.39 is 0 Å². The van der Waals surface area contributed by atoms with E-state index in [1.54, 1.807) is 7.11 Å². The van der Waals surface area contributed by atoms with Crippen molar-refractivity contribution in [3.8, 4) is 5.75 Å². The monoisotopic (exact) mass is 302 g/mol. The molecule has 0 amide bonds. The Bertz CT molecular complexity index is 411. The maximum atomic E-state index is 12.9. The predicted octanol–water partition coefficient (Wildman–Crippen LogP) is 2.73. The van der Waals surface area contributed by atoms with Gasteiger partial charge in [-0.05, 0) is 30.5 Å². The molecule has 0 radical (unpaired) electrons. The number of aryl methyl sites for hydroxylation is 1. The fraction of sp³-hybridized carbons (Fsp3) is 0.600. The van der Waals surface area contributed by atoms with Crippen LogP contribution in [0.5, 0.6) is 5.75 Å². The van der Waals surface area contributed by atoms with Gasteiger partial charge in [-0.2, -0.15) is 0 Å². The number of rotatable bonds is 5. The van der Waals surface area contributed by atoms with E-state index in [1.165, 1.54) is 5.56 Å². The van der Waals surface area contributed by atoms with Crippen molar-refractivity contribution in [1.82, 2.24) is 10.2 Å². The number of hydrogen-bond donors (Lipinski definition) is 1. The van der Waals surface area contributed by atoms with Gasteiger partial charge in [0.2, 0.25) is 0 Å². The Labute approximate surface area is 126 Å². The highest BCUT2D eigenvalue weighted by Gasteiger charge is 2.22. The Morgan fingerprint density at radius 3 is 2.60 bits per heavy atom. The fourth-order valence-electron chi connectivity index (χ4n) is 2.77. The summed E-state index contributed by atoms with van der Waals surface area (Å²) in [6.45, 7) is 5.69. The maximum Gasteiger partial charge on any atom is 0.121 e. The van der Waals surface area contributed by atoms with Crippen LogP contribution in [0.25, 0.3) is 0 Å². The molecule has 114 valence electrons. The number of ether oxygens (including phenoxy) is 1. The van der Waals surface area contributed by atoms with Crippen LogP contribution in [0.4, 0.5) is 4.39 Å². The topological polar surface area (TPSA) is 24.5 Å². The van der Waals surface area contributed by atoms with Gasteiger partial charge in [-0.1, -0.05) is 12.1 Å². The van der Waals surface area contributed by atoms with Crippen LogP contribution >= 0.6 is 12.4 Å². The average Bonchev–Trinajstić information content (AvgIpc) is 2.45. The van der Waals surface area contributed by atoms with Gasteiger partial charge in [0.15, 0.2) is 0 Å². The Morgan fingerprint density at radius 2 is 2.05 bits per heavy atom. The molecule has 1 saturated heterocycles. The first-order valence-electron chi connectivity index (χ1n) is 6.91. The maximum absolute atomic E-state index is 12.9. The normalized spacial score (nSPS) is 17.4. The molecular weight excluding hydrogens is 279 g/mol. The van der Waals surface area contributed by atoms with Gasteiger partial charge in [0, 0.05) is 32.2 Å². The summed E-state index contributed by atoms with van der Waals surface area (Å²) in [5.41, 5.74) is 2.30.